The fraction of sp³-hybridized carbons (Fsp3) is 0.286. The third kappa shape index (κ3) is 3.49. The highest BCUT2D eigenvalue weighted by molar-refractivity contribution is 9.10. The maximum atomic E-state index is 6.29. The van der Waals surface area contributed by atoms with Gasteiger partial charge in [0.15, 0.2) is 0 Å². The molecule has 1 heterocycles. The molecule has 102 valence electrons. The maximum absolute atomic E-state index is 6.29. The monoisotopic (exact) mass is 341 g/mol. The van der Waals surface area contributed by atoms with Crippen molar-refractivity contribution in [3.05, 3.63) is 44.6 Å². The molecular weight excluding hydrogens is 326 g/mol. The summed E-state index contributed by atoms with van der Waals surface area (Å²) in [6, 6.07) is 7.67. The van der Waals surface area contributed by atoms with E-state index in [0.29, 0.717) is 0 Å². The molecule has 0 bridgehead atoms. The smallest absolute Gasteiger partial charge is 0.123 e. The van der Waals surface area contributed by atoms with Crippen LogP contribution in [-0.2, 0) is 6.42 Å². The minimum atomic E-state index is -0.115. The summed E-state index contributed by atoms with van der Waals surface area (Å²) in [6.45, 7) is 0. The van der Waals surface area contributed by atoms with Gasteiger partial charge < -0.3 is 15.2 Å². The molecule has 5 heteroatoms. The molecule has 0 aliphatic rings. The zero-order valence-corrected chi connectivity index (χ0v) is 13.3. The van der Waals surface area contributed by atoms with Crippen LogP contribution >= 0.6 is 27.3 Å². The molecule has 2 aromatic rings. The molecule has 1 unspecified atom stereocenters. The summed E-state index contributed by atoms with van der Waals surface area (Å²) in [5.41, 5.74) is 7.26. The Morgan fingerprint density at radius 3 is 2.63 bits per heavy atom. The number of halogens is 1. The molecule has 0 aliphatic heterocycles. The average Bonchev–Trinajstić information content (AvgIpc) is 2.83. The van der Waals surface area contributed by atoms with Crippen LogP contribution < -0.4 is 15.2 Å². The summed E-state index contributed by atoms with van der Waals surface area (Å²) >= 11 is 5.15. The first kappa shape index (κ1) is 14.4. The van der Waals surface area contributed by atoms with Crippen molar-refractivity contribution in [1.82, 2.24) is 0 Å². The van der Waals surface area contributed by atoms with Gasteiger partial charge in [0.2, 0.25) is 0 Å². The number of methoxy groups -OCH3 is 2. The maximum Gasteiger partial charge on any atom is 0.123 e. The molecule has 2 rings (SSSR count). The number of benzene rings is 1. The Morgan fingerprint density at radius 1 is 1.26 bits per heavy atom. The molecular formula is C14H16BrNO2S. The number of rotatable bonds is 5. The predicted molar refractivity (Wildman–Crippen MR) is 82.2 cm³/mol. The molecule has 0 amide bonds. The van der Waals surface area contributed by atoms with Gasteiger partial charge in [-0.25, -0.2) is 0 Å². The lowest BCUT2D eigenvalue weighted by molar-refractivity contribution is 0.395. The Labute approximate surface area is 125 Å². The number of ether oxygens (including phenoxy) is 2. The van der Waals surface area contributed by atoms with Crippen LogP contribution in [-0.4, -0.2) is 14.2 Å². The molecule has 0 saturated heterocycles. The van der Waals surface area contributed by atoms with Gasteiger partial charge in [0.1, 0.15) is 11.5 Å². The first-order valence-electron chi connectivity index (χ1n) is 5.84. The molecule has 1 atom stereocenters. The second-order valence-corrected chi connectivity index (χ2v) is 6.06. The largest absolute Gasteiger partial charge is 0.497 e. The second-order valence-electron chi connectivity index (χ2n) is 4.15. The highest BCUT2D eigenvalue weighted by atomic mass is 79.9. The molecule has 19 heavy (non-hydrogen) atoms. The van der Waals surface area contributed by atoms with E-state index in [0.717, 1.165) is 28.0 Å². The van der Waals surface area contributed by atoms with Gasteiger partial charge in [0, 0.05) is 32.8 Å². The minimum absolute atomic E-state index is 0.115. The Morgan fingerprint density at radius 2 is 2.05 bits per heavy atom. The summed E-state index contributed by atoms with van der Waals surface area (Å²) in [5, 5.41) is 2.06. The highest BCUT2D eigenvalue weighted by Gasteiger charge is 2.14. The van der Waals surface area contributed by atoms with Crippen molar-refractivity contribution in [3.63, 3.8) is 0 Å². The fourth-order valence-corrected chi connectivity index (χ4v) is 3.43. The van der Waals surface area contributed by atoms with Gasteiger partial charge in [0.25, 0.3) is 0 Å². The van der Waals surface area contributed by atoms with E-state index in [1.54, 1.807) is 25.6 Å². The normalized spacial score (nSPS) is 12.2. The Hall–Kier alpha value is -1.04. The molecule has 1 aromatic heterocycles. The van der Waals surface area contributed by atoms with Crippen LogP contribution in [0.3, 0.4) is 0 Å². The summed E-state index contributed by atoms with van der Waals surface area (Å²) in [4.78, 5) is 1.24. The molecule has 0 fully saturated rings. The number of hydrogen-bond donors (Lipinski definition) is 1. The second kappa shape index (κ2) is 6.41. The van der Waals surface area contributed by atoms with Crippen LogP contribution in [0.5, 0.6) is 11.5 Å². The van der Waals surface area contributed by atoms with E-state index >= 15 is 0 Å². The van der Waals surface area contributed by atoms with Crippen molar-refractivity contribution in [2.75, 3.05) is 14.2 Å². The summed E-state index contributed by atoms with van der Waals surface area (Å²) in [6.07, 6.45) is 0.778. The first-order valence-corrected chi connectivity index (χ1v) is 7.51. The number of nitrogens with two attached hydrogens (primary N) is 1. The van der Waals surface area contributed by atoms with Crippen molar-refractivity contribution in [3.8, 4) is 11.5 Å². The van der Waals surface area contributed by atoms with Crippen LogP contribution in [0.4, 0.5) is 0 Å². The van der Waals surface area contributed by atoms with Gasteiger partial charge in [-0.2, -0.15) is 0 Å². The van der Waals surface area contributed by atoms with Crippen LogP contribution in [0.2, 0.25) is 0 Å². The van der Waals surface area contributed by atoms with Crippen molar-refractivity contribution in [2.45, 2.75) is 12.5 Å². The van der Waals surface area contributed by atoms with E-state index in [4.69, 9.17) is 15.2 Å². The zero-order chi connectivity index (χ0) is 13.8. The third-order valence-electron chi connectivity index (χ3n) is 2.88. The van der Waals surface area contributed by atoms with Crippen LogP contribution in [0.1, 0.15) is 16.5 Å². The van der Waals surface area contributed by atoms with E-state index < -0.39 is 0 Å². The van der Waals surface area contributed by atoms with Crippen molar-refractivity contribution in [2.24, 2.45) is 5.73 Å². The van der Waals surface area contributed by atoms with Gasteiger partial charge in [-0.1, -0.05) is 0 Å². The molecule has 0 spiro atoms. The molecule has 0 aliphatic carbocycles. The summed E-state index contributed by atoms with van der Waals surface area (Å²) < 4.78 is 11.7. The van der Waals surface area contributed by atoms with E-state index in [9.17, 15) is 0 Å². The van der Waals surface area contributed by atoms with E-state index in [1.807, 2.05) is 18.2 Å². The standard InChI is InChI=1S/C14H16BrNO2S/c1-17-10-3-4-14(18-2)12(6-10)13(16)7-11-5-9(15)8-19-11/h3-6,8,13H,7,16H2,1-2H3. The topological polar surface area (TPSA) is 44.5 Å². The molecule has 0 saturated carbocycles. The molecule has 1 aromatic carbocycles. The van der Waals surface area contributed by atoms with Crippen LogP contribution in [0.25, 0.3) is 0 Å². The highest BCUT2D eigenvalue weighted by Crippen LogP contribution is 2.31. The lowest BCUT2D eigenvalue weighted by Crippen LogP contribution is -2.14. The van der Waals surface area contributed by atoms with Gasteiger partial charge in [-0.05, 0) is 40.2 Å². The molecule has 0 radical (unpaired) electrons. The number of hydrogen-bond acceptors (Lipinski definition) is 4. The summed E-state index contributed by atoms with van der Waals surface area (Å²) in [5.74, 6) is 1.59. The fourth-order valence-electron chi connectivity index (χ4n) is 1.92. The van der Waals surface area contributed by atoms with Crippen molar-refractivity contribution < 1.29 is 9.47 Å². The van der Waals surface area contributed by atoms with Crippen LogP contribution in [0, 0.1) is 0 Å². The third-order valence-corrected chi connectivity index (χ3v) is 4.60. The Bertz CT molecular complexity index is 556. The molecule has 2 N–H and O–H groups in total. The van der Waals surface area contributed by atoms with Gasteiger partial charge >= 0.3 is 0 Å². The lowest BCUT2D eigenvalue weighted by atomic mass is 10.0. The molecule has 3 nitrogen and oxygen atoms in total. The van der Waals surface area contributed by atoms with Gasteiger partial charge in [-0.15, -0.1) is 11.3 Å². The SMILES string of the molecule is COc1ccc(OC)c(C(N)Cc2cc(Br)cs2)c1. The van der Waals surface area contributed by atoms with Gasteiger partial charge in [0.05, 0.1) is 14.2 Å². The first-order chi connectivity index (χ1) is 9.13. The minimum Gasteiger partial charge on any atom is -0.497 e. The van der Waals surface area contributed by atoms with Crippen molar-refractivity contribution >= 4 is 27.3 Å². The number of thiophene rings is 1. The van der Waals surface area contributed by atoms with E-state index in [-0.39, 0.29) is 6.04 Å². The zero-order valence-electron chi connectivity index (χ0n) is 10.9. The van der Waals surface area contributed by atoms with E-state index in [2.05, 4.69) is 27.4 Å². The lowest BCUT2D eigenvalue weighted by Gasteiger charge is -2.16. The average molecular weight is 342 g/mol. The quantitative estimate of drug-likeness (QED) is 0.900. The Balaban J connectivity index is 2.23. The Kier molecular flexibility index (Phi) is 4.85. The van der Waals surface area contributed by atoms with Gasteiger partial charge in [-0.3, -0.25) is 0 Å². The summed E-state index contributed by atoms with van der Waals surface area (Å²) in [7, 11) is 3.30. The van der Waals surface area contributed by atoms with E-state index in [1.165, 1.54) is 4.88 Å². The van der Waals surface area contributed by atoms with Crippen molar-refractivity contribution in [1.29, 1.82) is 0 Å². The van der Waals surface area contributed by atoms with Crippen LogP contribution in [0.15, 0.2) is 34.1 Å². The predicted octanol–water partition coefficient (Wildman–Crippen LogP) is 3.77.